The number of carbonyl (C=O) groups is 2. The van der Waals surface area contributed by atoms with E-state index >= 15 is 0 Å². The second-order valence-corrected chi connectivity index (χ2v) is 5.37. The Balaban J connectivity index is 3.69. The van der Waals surface area contributed by atoms with Gasteiger partial charge >= 0.3 is 11.9 Å². The quantitative estimate of drug-likeness (QED) is 0.339. The lowest BCUT2D eigenvalue weighted by Crippen LogP contribution is -2.22. The molecule has 1 unspecified atom stereocenters. The van der Waals surface area contributed by atoms with E-state index in [1.165, 1.54) is 7.11 Å². The summed E-state index contributed by atoms with van der Waals surface area (Å²) in [6.07, 6.45) is 4.72. The van der Waals surface area contributed by atoms with E-state index in [0.717, 1.165) is 32.3 Å². The van der Waals surface area contributed by atoms with Gasteiger partial charge in [0.25, 0.3) is 0 Å². The van der Waals surface area contributed by atoms with Crippen molar-refractivity contribution in [3.63, 3.8) is 0 Å². The fraction of sp³-hybridized carbons (Fsp3) is 0.882. The van der Waals surface area contributed by atoms with Gasteiger partial charge in [0.05, 0.1) is 39.3 Å². The lowest BCUT2D eigenvalue weighted by atomic mass is 9.99. The van der Waals surface area contributed by atoms with E-state index in [1.807, 2.05) is 6.92 Å². The maximum atomic E-state index is 11.7. The van der Waals surface area contributed by atoms with E-state index < -0.39 is 5.92 Å². The van der Waals surface area contributed by atoms with E-state index in [-0.39, 0.29) is 25.0 Å². The molecule has 0 bridgehead atoms. The van der Waals surface area contributed by atoms with E-state index in [2.05, 4.69) is 6.92 Å². The monoisotopic (exact) mass is 332 g/mol. The Morgan fingerprint density at radius 2 is 1.48 bits per heavy atom. The maximum Gasteiger partial charge on any atom is 0.309 e. The van der Waals surface area contributed by atoms with Gasteiger partial charge in [0.1, 0.15) is 6.61 Å². The number of rotatable bonds is 15. The summed E-state index contributed by atoms with van der Waals surface area (Å²) in [5.41, 5.74) is 0. The number of unbranched alkanes of at least 4 members (excludes halogenated alkanes) is 2. The summed E-state index contributed by atoms with van der Waals surface area (Å²) in [5.74, 6) is -1.16. The average Bonchev–Trinajstić information content (AvgIpc) is 2.56. The molecule has 136 valence electrons. The predicted molar refractivity (Wildman–Crippen MR) is 87.2 cm³/mol. The van der Waals surface area contributed by atoms with Crippen LogP contribution < -0.4 is 0 Å². The Bertz CT molecular complexity index is 305. The van der Waals surface area contributed by atoms with Gasteiger partial charge in [-0.05, 0) is 12.8 Å². The summed E-state index contributed by atoms with van der Waals surface area (Å²) >= 11 is 0. The third-order valence-corrected chi connectivity index (χ3v) is 3.36. The largest absolute Gasteiger partial charge is 0.469 e. The van der Waals surface area contributed by atoms with Gasteiger partial charge in [-0.3, -0.25) is 9.59 Å². The molecule has 0 spiro atoms. The second-order valence-electron chi connectivity index (χ2n) is 5.37. The van der Waals surface area contributed by atoms with Crippen molar-refractivity contribution in [2.45, 2.75) is 52.4 Å². The SMILES string of the molecule is CCCCOCCOCCOC(=O)CC(CCCC)C(=O)OC. The van der Waals surface area contributed by atoms with Crippen LogP contribution in [0.3, 0.4) is 0 Å². The van der Waals surface area contributed by atoms with Crippen molar-refractivity contribution in [1.82, 2.24) is 0 Å². The standard InChI is InChI=1S/C17H32O6/c1-4-6-8-15(17(19)20-3)14-16(18)23-13-12-22-11-10-21-9-7-5-2/h15H,4-14H2,1-3H3. The lowest BCUT2D eigenvalue weighted by molar-refractivity contribution is -0.154. The van der Waals surface area contributed by atoms with Gasteiger partial charge < -0.3 is 18.9 Å². The molecule has 0 aromatic carbocycles. The zero-order valence-corrected chi connectivity index (χ0v) is 14.8. The van der Waals surface area contributed by atoms with Gasteiger partial charge in [0.2, 0.25) is 0 Å². The molecular weight excluding hydrogens is 300 g/mol. The van der Waals surface area contributed by atoms with Crippen LogP contribution in [0.1, 0.15) is 52.4 Å². The molecule has 0 aliphatic carbocycles. The molecule has 6 heteroatoms. The fourth-order valence-electron chi connectivity index (χ4n) is 1.96. The van der Waals surface area contributed by atoms with Crippen LogP contribution >= 0.6 is 0 Å². The van der Waals surface area contributed by atoms with Gasteiger partial charge in [0, 0.05) is 6.61 Å². The molecule has 0 saturated heterocycles. The number of esters is 2. The highest BCUT2D eigenvalue weighted by molar-refractivity contribution is 5.79. The minimum Gasteiger partial charge on any atom is -0.469 e. The minimum atomic E-state index is -0.416. The van der Waals surface area contributed by atoms with Crippen LogP contribution in [0, 0.1) is 5.92 Å². The van der Waals surface area contributed by atoms with Crippen LogP contribution in [0.15, 0.2) is 0 Å². The smallest absolute Gasteiger partial charge is 0.309 e. The van der Waals surface area contributed by atoms with E-state index in [0.29, 0.717) is 26.2 Å². The van der Waals surface area contributed by atoms with Crippen molar-refractivity contribution in [2.24, 2.45) is 5.92 Å². The van der Waals surface area contributed by atoms with Crippen molar-refractivity contribution in [3.8, 4) is 0 Å². The summed E-state index contributed by atoms with van der Waals surface area (Å²) in [7, 11) is 1.34. The van der Waals surface area contributed by atoms with Crippen LogP contribution in [0.4, 0.5) is 0 Å². The lowest BCUT2D eigenvalue weighted by Gasteiger charge is -2.13. The number of methoxy groups -OCH3 is 1. The molecule has 0 fully saturated rings. The van der Waals surface area contributed by atoms with Crippen LogP contribution in [0.2, 0.25) is 0 Å². The van der Waals surface area contributed by atoms with Gasteiger partial charge in [-0.15, -0.1) is 0 Å². The Morgan fingerprint density at radius 1 is 0.870 bits per heavy atom. The molecule has 0 aromatic rings. The zero-order valence-electron chi connectivity index (χ0n) is 14.8. The van der Waals surface area contributed by atoms with Gasteiger partial charge in [-0.25, -0.2) is 0 Å². The molecule has 1 atom stereocenters. The molecule has 23 heavy (non-hydrogen) atoms. The first-order valence-electron chi connectivity index (χ1n) is 8.54. The number of hydrogen-bond donors (Lipinski definition) is 0. The molecular formula is C17H32O6. The molecule has 0 rings (SSSR count). The predicted octanol–water partition coefficient (Wildman–Crippen LogP) is 2.73. The Kier molecular flexibility index (Phi) is 15.0. The molecule has 0 N–H and O–H groups in total. The maximum absolute atomic E-state index is 11.7. The van der Waals surface area contributed by atoms with Crippen molar-refractivity contribution >= 4 is 11.9 Å². The molecule has 0 heterocycles. The number of hydrogen-bond acceptors (Lipinski definition) is 6. The minimum absolute atomic E-state index is 0.0623. The topological polar surface area (TPSA) is 71.1 Å². The summed E-state index contributed by atoms with van der Waals surface area (Å²) in [6, 6.07) is 0. The van der Waals surface area contributed by atoms with Crippen LogP contribution in [0.5, 0.6) is 0 Å². The van der Waals surface area contributed by atoms with Crippen molar-refractivity contribution in [2.75, 3.05) is 40.1 Å². The molecule has 0 aliphatic heterocycles. The third kappa shape index (κ3) is 13.0. The van der Waals surface area contributed by atoms with Gasteiger partial charge in [-0.2, -0.15) is 0 Å². The van der Waals surface area contributed by atoms with E-state index in [9.17, 15) is 9.59 Å². The molecule has 6 nitrogen and oxygen atoms in total. The summed E-state index contributed by atoms with van der Waals surface area (Å²) in [5, 5.41) is 0. The first-order chi connectivity index (χ1) is 11.2. The Hall–Kier alpha value is -1.14. The summed E-state index contributed by atoms with van der Waals surface area (Å²) in [4.78, 5) is 23.3. The first-order valence-corrected chi connectivity index (χ1v) is 8.54. The van der Waals surface area contributed by atoms with Gasteiger partial charge in [-0.1, -0.05) is 33.1 Å². The molecule has 0 aliphatic rings. The molecule has 0 aromatic heterocycles. The van der Waals surface area contributed by atoms with Gasteiger partial charge in [0.15, 0.2) is 0 Å². The van der Waals surface area contributed by atoms with Crippen molar-refractivity contribution in [1.29, 1.82) is 0 Å². The highest BCUT2D eigenvalue weighted by Gasteiger charge is 2.22. The van der Waals surface area contributed by atoms with Crippen LogP contribution in [-0.4, -0.2) is 52.1 Å². The zero-order chi connectivity index (χ0) is 17.3. The third-order valence-electron chi connectivity index (χ3n) is 3.36. The van der Waals surface area contributed by atoms with Crippen LogP contribution in [-0.2, 0) is 28.5 Å². The second kappa shape index (κ2) is 15.7. The first kappa shape index (κ1) is 21.9. The highest BCUT2D eigenvalue weighted by atomic mass is 16.6. The molecule has 0 saturated carbocycles. The normalized spacial score (nSPS) is 12.0. The highest BCUT2D eigenvalue weighted by Crippen LogP contribution is 2.15. The van der Waals surface area contributed by atoms with Crippen molar-refractivity contribution in [3.05, 3.63) is 0 Å². The number of carbonyl (C=O) groups excluding carboxylic acids is 2. The molecule has 0 amide bonds. The Morgan fingerprint density at radius 3 is 2.09 bits per heavy atom. The fourth-order valence-corrected chi connectivity index (χ4v) is 1.96. The average molecular weight is 332 g/mol. The van der Waals surface area contributed by atoms with E-state index in [1.54, 1.807) is 0 Å². The van der Waals surface area contributed by atoms with E-state index in [4.69, 9.17) is 18.9 Å². The Labute approximate surface area is 139 Å². The summed E-state index contributed by atoms with van der Waals surface area (Å²) in [6.45, 7) is 6.47. The van der Waals surface area contributed by atoms with Crippen LogP contribution in [0.25, 0.3) is 0 Å². The summed E-state index contributed by atoms with van der Waals surface area (Å²) < 4.78 is 20.5. The molecule has 0 radical (unpaired) electrons. The van der Waals surface area contributed by atoms with Crippen molar-refractivity contribution < 1.29 is 28.5 Å². The number of ether oxygens (including phenoxy) is 4.